The highest BCUT2D eigenvalue weighted by molar-refractivity contribution is 7.08. The predicted molar refractivity (Wildman–Crippen MR) is 97.4 cm³/mol. The summed E-state index contributed by atoms with van der Waals surface area (Å²) in [5.41, 5.74) is 8.17. The van der Waals surface area contributed by atoms with E-state index in [9.17, 15) is 4.39 Å². The molecule has 0 saturated carbocycles. The van der Waals surface area contributed by atoms with Crippen LogP contribution in [0.25, 0.3) is 11.1 Å². The molecule has 2 aromatic heterocycles. The summed E-state index contributed by atoms with van der Waals surface area (Å²) in [5, 5.41) is 4.24. The van der Waals surface area contributed by atoms with Gasteiger partial charge in [0.05, 0.1) is 5.02 Å². The second-order valence-electron chi connectivity index (χ2n) is 5.14. The van der Waals surface area contributed by atoms with E-state index in [4.69, 9.17) is 33.7 Å². The van der Waals surface area contributed by atoms with Crippen LogP contribution in [0.2, 0.25) is 10.0 Å². The molecule has 0 aliphatic heterocycles. The summed E-state index contributed by atoms with van der Waals surface area (Å²) in [4.78, 5) is 4.16. The number of aromatic nitrogens is 1. The molecule has 3 rings (SSSR count). The Labute approximate surface area is 152 Å². The van der Waals surface area contributed by atoms with E-state index in [1.807, 2.05) is 16.8 Å². The SMILES string of the molecule is CC(Oc1cc(-c2ccsc2)cnc1N)c1c(Cl)ccc(F)c1Cl. The van der Waals surface area contributed by atoms with Crippen LogP contribution in [-0.2, 0) is 0 Å². The molecule has 0 bridgehead atoms. The topological polar surface area (TPSA) is 48.1 Å². The second kappa shape index (κ2) is 6.97. The zero-order chi connectivity index (χ0) is 17.3. The molecule has 2 heterocycles. The number of hydrogen-bond donors (Lipinski definition) is 1. The van der Waals surface area contributed by atoms with Crippen LogP contribution in [0.3, 0.4) is 0 Å². The summed E-state index contributed by atoms with van der Waals surface area (Å²) in [6.07, 6.45) is 1.08. The molecule has 1 unspecified atom stereocenters. The number of benzene rings is 1. The van der Waals surface area contributed by atoms with Crippen LogP contribution >= 0.6 is 34.5 Å². The Morgan fingerprint density at radius 1 is 1.25 bits per heavy atom. The molecule has 0 aliphatic carbocycles. The number of rotatable bonds is 4. The first-order valence-electron chi connectivity index (χ1n) is 7.05. The van der Waals surface area contributed by atoms with Crippen LogP contribution in [-0.4, -0.2) is 4.98 Å². The van der Waals surface area contributed by atoms with E-state index in [-0.39, 0.29) is 10.8 Å². The minimum atomic E-state index is -0.595. The lowest BCUT2D eigenvalue weighted by atomic mass is 10.1. The molecular weight excluding hydrogens is 370 g/mol. The summed E-state index contributed by atoms with van der Waals surface area (Å²) >= 11 is 13.7. The Morgan fingerprint density at radius 2 is 2.04 bits per heavy atom. The fourth-order valence-electron chi connectivity index (χ4n) is 2.30. The van der Waals surface area contributed by atoms with Crippen LogP contribution in [0, 0.1) is 5.82 Å². The largest absolute Gasteiger partial charge is 0.482 e. The molecule has 0 aliphatic rings. The van der Waals surface area contributed by atoms with Crippen molar-refractivity contribution in [2.75, 3.05) is 5.73 Å². The third-order valence-corrected chi connectivity index (χ3v) is 4.92. The minimum absolute atomic E-state index is 0.0597. The van der Waals surface area contributed by atoms with E-state index in [1.165, 1.54) is 12.1 Å². The quantitative estimate of drug-likeness (QED) is 0.564. The number of ether oxygens (including phenoxy) is 1. The van der Waals surface area contributed by atoms with Gasteiger partial charge in [-0.25, -0.2) is 9.37 Å². The molecule has 7 heteroatoms. The molecule has 0 saturated heterocycles. The van der Waals surface area contributed by atoms with Gasteiger partial charge in [-0.05, 0) is 47.5 Å². The number of thiophene rings is 1. The molecular formula is C17H13Cl2FN2OS. The lowest BCUT2D eigenvalue weighted by molar-refractivity contribution is 0.227. The van der Waals surface area contributed by atoms with E-state index in [1.54, 1.807) is 30.5 Å². The highest BCUT2D eigenvalue weighted by Crippen LogP contribution is 2.37. The lowest BCUT2D eigenvalue weighted by Gasteiger charge is -2.19. The number of anilines is 1. The summed E-state index contributed by atoms with van der Waals surface area (Å²) < 4.78 is 19.6. The lowest BCUT2D eigenvalue weighted by Crippen LogP contribution is -2.08. The molecule has 0 radical (unpaired) electrons. The van der Waals surface area contributed by atoms with E-state index >= 15 is 0 Å². The molecule has 0 amide bonds. The molecule has 24 heavy (non-hydrogen) atoms. The molecule has 0 spiro atoms. The van der Waals surface area contributed by atoms with E-state index < -0.39 is 11.9 Å². The fourth-order valence-corrected chi connectivity index (χ4v) is 3.64. The van der Waals surface area contributed by atoms with Gasteiger partial charge in [0.2, 0.25) is 0 Å². The smallest absolute Gasteiger partial charge is 0.166 e. The third kappa shape index (κ3) is 3.34. The van der Waals surface area contributed by atoms with Crippen molar-refractivity contribution in [3.8, 4) is 16.9 Å². The van der Waals surface area contributed by atoms with Gasteiger partial charge in [-0.3, -0.25) is 0 Å². The zero-order valence-electron chi connectivity index (χ0n) is 12.6. The molecule has 1 atom stereocenters. The average molecular weight is 383 g/mol. The Morgan fingerprint density at radius 3 is 2.75 bits per heavy atom. The van der Waals surface area contributed by atoms with Crippen molar-refractivity contribution >= 4 is 40.4 Å². The summed E-state index contributed by atoms with van der Waals surface area (Å²) in [6.45, 7) is 1.73. The Balaban J connectivity index is 1.94. The molecule has 124 valence electrons. The van der Waals surface area contributed by atoms with Gasteiger partial charge in [-0.2, -0.15) is 11.3 Å². The minimum Gasteiger partial charge on any atom is -0.482 e. The summed E-state index contributed by atoms with van der Waals surface area (Å²) in [5.74, 6) is 0.0803. The Kier molecular flexibility index (Phi) is 4.94. The van der Waals surface area contributed by atoms with Crippen LogP contribution in [0.15, 0.2) is 41.2 Å². The van der Waals surface area contributed by atoms with Crippen molar-refractivity contribution < 1.29 is 9.13 Å². The van der Waals surface area contributed by atoms with E-state index in [2.05, 4.69) is 4.98 Å². The number of nitrogen functional groups attached to an aromatic ring is 1. The normalized spacial score (nSPS) is 12.2. The zero-order valence-corrected chi connectivity index (χ0v) is 14.9. The van der Waals surface area contributed by atoms with Gasteiger partial charge < -0.3 is 10.5 Å². The van der Waals surface area contributed by atoms with Crippen molar-refractivity contribution in [1.82, 2.24) is 4.98 Å². The molecule has 1 aromatic carbocycles. The molecule has 3 nitrogen and oxygen atoms in total. The van der Waals surface area contributed by atoms with Crippen LogP contribution < -0.4 is 10.5 Å². The number of pyridine rings is 1. The number of nitrogens with two attached hydrogens (primary N) is 1. The number of nitrogens with zero attached hydrogens (tertiary/aromatic N) is 1. The summed E-state index contributed by atoms with van der Waals surface area (Å²) in [7, 11) is 0. The first-order chi connectivity index (χ1) is 11.5. The predicted octanol–water partition coefficient (Wildman–Crippen LogP) is 5.98. The van der Waals surface area contributed by atoms with Crippen molar-refractivity contribution in [1.29, 1.82) is 0 Å². The van der Waals surface area contributed by atoms with Crippen molar-refractivity contribution in [3.63, 3.8) is 0 Å². The maximum absolute atomic E-state index is 13.7. The van der Waals surface area contributed by atoms with Gasteiger partial charge in [0.25, 0.3) is 0 Å². The standard InChI is InChI=1S/C17H13Cl2FN2OS/c1-9(15-12(18)2-3-13(20)16(15)19)23-14-6-11(7-22-17(14)21)10-4-5-24-8-10/h2-9H,1H3,(H2,21,22). The number of hydrogen-bond acceptors (Lipinski definition) is 4. The fraction of sp³-hybridized carbons (Fsp3) is 0.118. The van der Waals surface area contributed by atoms with Gasteiger partial charge in [-0.15, -0.1) is 0 Å². The summed E-state index contributed by atoms with van der Waals surface area (Å²) in [6, 6.07) is 6.43. The second-order valence-corrected chi connectivity index (χ2v) is 6.70. The van der Waals surface area contributed by atoms with Crippen LogP contribution in [0.5, 0.6) is 5.75 Å². The molecule has 3 aromatic rings. The Hall–Kier alpha value is -1.82. The Bertz CT molecular complexity index is 871. The number of halogens is 3. The van der Waals surface area contributed by atoms with Crippen LogP contribution in [0.1, 0.15) is 18.6 Å². The molecule has 0 fully saturated rings. The first kappa shape index (κ1) is 17.0. The first-order valence-corrected chi connectivity index (χ1v) is 8.75. The van der Waals surface area contributed by atoms with Gasteiger partial charge in [0.1, 0.15) is 11.9 Å². The van der Waals surface area contributed by atoms with Gasteiger partial charge in [0.15, 0.2) is 11.6 Å². The highest BCUT2D eigenvalue weighted by atomic mass is 35.5. The highest BCUT2D eigenvalue weighted by Gasteiger charge is 2.20. The van der Waals surface area contributed by atoms with Gasteiger partial charge >= 0.3 is 0 Å². The van der Waals surface area contributed by atoms with E-state index in [0.29, 0.717) is 16.3 Å². The van der Waals surface area contributed by atoms with Crippen LogP contribution in [0.4, 0.5) is 10.2 Å². The van der Waals surface area contributed by atoms with E-state index in [0.717, 1.165) is 11.1 Å². The molecule has 2 N–H and O–H groups in total. The maximum Gasteiger partial charge on any atom is 0.166 e. The van der Waals surface area contributed by atoms with Gasteiger partial charge in [0, 0.05) is 22.3 Å². The van der Waals surface area contributed by atoms with Crippen molar-refractivity contribution in [3.05, 3.63) is 62.6 Å². The van der Waals surface area contributed by atoms with Crippen molar-refractivity contribution in [2.24, 2.45) is 0 Å². The van der Waals surface area contributed by atoms with Gasteiger partial charge in [-0.1, -0.05) is 23.2 Å². The average Bonchev–Trinajstić information content (AvgIpc) is 3.08. The monoisotopic (exact) mass is 382 g/mol. The maximum atomic E-state index is 13.7. The third-order valence-electron chi connectivity index (χ3n) is 3.53. The van der Waals surface area contributed by atoms with Crippen molar-refractivity contribution in [2.45, 2.75) is 13.0 Å².